The fraction of sp³-hybridized carbons (Fsp3) is 0.833. The number of hydrogen-bond donors (Lipinski definition) is 1. The second-order valence-electron chi connectivity index (χ2n) is 5.16. The third kappa shape index (κ3) is 2.61. The van der Waals surface area contributed by atoms with Gasteiger partial charge in [0.1, 0.15) is 12.2 Å². The first-order valence-corrected chi connectivity index (χ1v) is 6.26. The summed E-state index contributed by atoms with van der Waals surface area (Å²) in [5, 5.41) is 11.7. The zero-order chi connectivity index (χ0) is 11.5. The molecular weight excluding hydrogens is 200 g/mol. The maximum absolute atomic E-state index is 4.15. The first-order chi connectivity index (χ1) is 7.66. The Morgan fingerprint density at radius 2 is 2.31 bits per heavy atom. The molecule has 1 heterocycles. The van der Waals surface area contributed by atoms with Gasteiger partial charge in [-0.25, -0.2) is 0 Å². The maximum atomic E-state index is 4.15. The lowest BCUT2D eigenvalue weighted by Crippen LogP contribution is -2.36. The topological polar surface area (TPSA) is 42.7 Å². The van der Waals surface area contributed by atoms with E-state index in [1.54, 1.807) is 6.33 Å². The van der Waals surface area contributed by atoms with E-state index in [4.69, 9.17) is 0 Å². The number of hydrogen-bond acceptors (Lipinski definition) is 3. The Kier molecular flexibility index (Phi) is 3.59. The molecule has 0 bridgehead atoms. The largest absolute Gasteiger partial charge is 0.319 e. The fourth-order valence-corrected chi connectivity index (χ4v) is 2.70. The lowest BCUT2D eigenvalue weighted by Gasteiger charge is -2.29. The summed E-state index contributed by atoms with van der Waals surface area (Å²) in [7, 11) is 2.00. The van der Waals surface area contributed by atoms with Gasteiger partial charge >= 0.3 is 0 Å². The highest BCUT2D eigenvalue weighted by molar-refractivity contribution is 4.93. The quantitative estimate of drug-likeness (QED) is 0.851. The van der Waals surface area contributed by atoms with Crippen LogP contribution >= 0.6 is 0 Å². The smallest absolute Gasteiger partial charge is 0.149 e. The lowest BCUT2D eigenvalue weighted by molar-refractivity contribution is 0.281. The number of aryl methyl sites for hydroxylation is 1. The summed E-state index contributed by atoms with van der Waals surface area (Å²) >= 11 is 0. The first kappa shape index (κ1) is 11.6. The van der Waals surface area contributed by atoms with Crippen LogP contribution in [0.3, 0.4) is 0 Å². The molecule has 4 nitrogen and oxygen atoms in total. The number of aromatic nitrogens is 3. The van der Waals surface area contributed by atoms with Crippen molar-refractivity contribution >= 4 is 0 Å². The normalized spacial score (nSPS) is 27.9. The maximum Gasteiger partial charge on any atom is 0.149 e. The molecule has 1 N–H and O–H groups in total. The van der Waals surface area contributed by atoms with Gasteiger partial charge in [-0.1, -0.05) is 19.8 Å². The Labute approximate surface area is 97.5 Å². The number of rotatable bonds is 3. The van der Waals surface area contributed by atoms with Crippen molar-refractivity contribution in [3.05, 3.63) is 12.2 Å². The van der Waals surface area contributed by atoms with E-state index >= 15 is 0 Å². The molecule has 1 fully saturated rings. The summed E-state index contributed by atoms with van der Waals surface area (Å²) in [5.74, 6) is 1.89. The van der Waals surface area contributed by atoms with E-state index in [9.17, 15) is 0 Å². The van der Waals surface area contributed by atoms with E-state index in [2.05, 4.69) is 29.4 Å². The minimum atomic E-state index is 0.294. The lowest BCUT2D eigenvalue weighted by atomic mass is 9.87. The van der Waals surface area contributed by atoms with Gasteiger partial charge in [-0.2, -0.15) is 0 Å². The Bertz CT molecular complexity index is 334. The minimum Gasteiger partial charge on any atom is -0.319 e. The molecule has 4 heteroatoms. The molecule has 1 aliphatic rings. The number of nitrogens with zero attached hydrogens (tertiary/aromatic N) is 3. The second kappa shape index (κ2) is 4.95. The van der Waals surface area contributed by atoms with E-state index in [-0.39, 0.29) is 0 Å². The van der Waals surface area contributed by atoms with Gasteiger partial charge in [0.05, 0.1) is 6.04 Å². The van der Waals surface area contributed by atoms with Gasteiger partial charge in [0.15, 0.2) is 0 Å². The van der Waals surface area contributed by atoms with E-state index in [0.717, 1.165) is 11.7 Å². The minimum absolute atomic E-state index is 0.294. The van der Waals surface area contributed by atoms with Crippen LogP contribution in [0.4, 0.5) is 0 Å². The van der Waals surface area contributed by atoms with Crippen molar-refractivity contribution in [1.29, 1.82) is 0 Å². The first-order valence-electron chi connectivity index (χ1n) is 6.26. The van der Waals surface area contributed by atoms with Gasteiger partial charge in [-0.05, 0) is 25.7 Å². The average molecular weight is 222 g/mol. The van der Waals surface area contributed by atoms with Crippen LogP contribution in [-0.2, 0) is 7.05 Å². The molecule has 90 valence electrons. The Morgan fingerprint density at radius 1 is 1.50 bits per heavy atom. The van der Waals surface area contributed by atoms with Crippen molar-refractivity contribution in [1.82, 2.24) is 20.1 Å². The van der Waals surface area contributed by atoms with Crippen molar-refractivity contribution in [3.8, 4) is 0 Å². The molecule has 0 radical (unpaired) electrons. The van der Waals surface area contributed by atoms with Gasteiger partial charge in [0.2, 0.25) is 0 Å². The molecule has 16 heavy (non-hydrogen) atoms. The van der Waals surface area contributed by atoms with Crippen LogP contribution in [0.5, 0.6) is 0 Å². The molecule has 2 rings (SSSR count). The molecule has 1 aromatic rings. The molecule has 3 atom stereocenters. The Balaban J connectivity index is 1.92. The van der Waals surface area contributed by atoms with Crippen molar-refractivity contribution < 1.29 is 0 Å². The predicted octanol–water partition coefficient (Wildman–Crippen LogP) is 2.04. The molecule has 0 aromatic carbocycles. The monoisotopic (exact) mass is 222 g/mol. The van der Waals surface area contributed by atoms with Crippen LogP contribution in [0, 0.1) is 5.92 Å². The zero-order valence-electron chi connectivity index (χ0n) is 10.5. The zero-order valence-corrected chi connectivity index (χ0v) is 10.5. The highest BCUT2D eigenvalue weighted by Gasteiger charge is 2.21. The van der Waals surface area contributed by atoms with Gasteiger partial charge in [-0.3, -0.25) is 0 Å². The molecule has 3 unspecified atom stereocenters. The predicted molar refractivity (Wildman–Crippen MR) is 64.0 cm³/mol. The third-order valence-electron chi connectivity index (χ3n) is 3.56. The third-order valence-corrected chi connectivity index (χ3v) is 3.56. The molecule has 0 saturated heterocycles. The van der Waals surface area contributed by atoms with Crippen LogP contribution in [0.2, 0.25) is 0 Å². The molecule has 0 spiro atoms. The van der Waals surface area contributed by atoms with Crippen LogP contribution in [0.25, 0.3) is 0 Å². The number of nitrogens with one attached hydrogen (secondary N) is 1. The second-order valence-corrected chi connectivity index (χ2v) is 5.16. The van der Waals surface area contributed by atoms with Gasteiger partial charge < -0.3 is 9.88 Å². The van der Waals surface area contributed by atoms with E-state index in [1.165, 1.54) is 25.7 Å². The van der Waals surface area contributed by atoms with Gasteiger partial charge in [0, 0.05) is 13.1 Å². The van der Waals surface area contributed by atoms with Crippen molar-refractivity contribution in [2.45, 2.75) is 51.6 Å². The molecule has 1 aliphatic carbocycles. The van der Waals surface area contributed by atoms with Crippen LogP contribution < -0.4 is 5.32 Å². The summed E-state index contributed by atoms with van der Waals surface area (Å²) in [6.07, 6.45) is 7.09. The van der Waals surface area contributed by atoms with Crippen LogP contribution in [0.15, 0.2) is 6.33 Å². The molecule has 0 amide bonds. The highest BCUT2D eigenvalue weighted by atomic mass is 15.3. The fourth-order valence-electron chi connectivity index (χ4n) is 2.70. The van der Waals surface area contributed by atoms with Gasteiger partial charge in [-0.15, -0.1) is 10.2 Å². The summed E-state index contributed by atoms with van der Waals surface area (Å²) in [6, 6.07) is 0.943. The Morgan fingerprint density at radius 3 is 2.94 bits per heavy atom. The van der Waals surface area contributed by atoms with Crippen molar-refractivity contribution in [2.75, 3.05) is 0 Å². The van der Waals surface area contributed by atoms with Crippen molar-refractivity contribution in [2.24, 2.45) is 13.0 Å². The van der Waals surface area contributed by atoms with Gasteiger partial charge in [0.25, 0.3) is 0 Å². The molecule has 1 aromatic heterocycles. The Hall–Kier alpha value is -0.900. The SMILES string of the molecule is CC1CCCC(NC(C)c2nncn2C)C1. The average Bonchev–Trinajstić information content (AvgIpc) is 2.64. The summed E-state index contributed by atoms with van der Waals surface area (Å²) in [6.45, 7) is 4.52. The van der Waals surface area contributed by atoms with Crippen LogP contribution in [-0.4, -0.2) is 20.8 Å². The summed E-state index contributed by atoms with van der Waals surface area (Å²) < 4.78 is 1.99. The van der Waals surface area contributed by atoms with Crippen LogP contribution in [0.1, 0.15) is 51.4 Å². The van der Waals surface area contributed by atoms with E-state index < -0.39 is 0 Å². The molecule has 0 aliphatic heterocycles. The molecule has 1 saturated carbocycles. The van der Waals surface area contributed by atoms with E-state index in [1.807, 2.05) is 11.6 Å². The molecular formula is C12H22N4. The van der Waals surface area contributed by atoms with E-state index in [0.29, 0.717) is 12.1 Å². The van der Waals surface area contributed by atoms with Crippen molar-refractivity contribution in [3.63, 3.8) is 0 Å². The standard InChI is InChI=1S/C12H22N4/c1-9-5-4-6-11(7-9)14-10(2)12-15-13-8-16(12)3/h8-11,14H,4-7H2,1-3H3. The summed E-state index contributed by atoms with van der Waals surface area (Å²) in [4.78, 5) is 0. The summed E-state index contributed by atoms with van der Waals surface area (Å²) in [5.41, 5.74) is 0. The highest BCUT2D eigenvalue weighted by Crippen LogP contribution is 2.25.